The summed E-state index contributed by atoms with van der Waals surface area (Å²) >= 11 is 0. The molecule has 1 saturated heterocycles. The van der Waals surface area contributed by atoms with Crippen LogP contribution in [0.4, 0.5) is 0 Å². The zero-order valence-electron chi connectivity index (χ0n) is 13.1. The molecule has 1 heterocycles. The number of Topliss-reactive ketones (excluding diaryl/α,β-unsaturated/α-hetero) is 1. The van der Waals surface area contributed by atoms with Crippen LogP contribution in [0.5, 0.6) is 5.75 Å². The van der Waals surface area contributed by atoms with Crippen molar-refractivity contribution < 1.29 is 9.53 Å². The van der Waals surface area contributed by atoms with Crippen LogP contribution in [0, 0.1) is 0 Å². The van der Waals surface area contributed by atoms with Crippen LogP contribution in [-0.2, 0) is 4.79 Å². The minimum atomic E-state index is 0.280. The zero-order valence-corrected chi connectivity index (χ0v) is 13.1. The first-order valence-electron chi connectivity index (χ1n) is 7.92. The Bertz CT molecular complexity index is 508. The van der Waals surface area contributed by atoms with Gasteiger partial charge in [-0.15, -0.1) is 0 Å². The molecule has 1 aliphatic rings. The fourth-order valence-corrected chi connectivity index (χ4v) is 2.58. The average Bonchev–Trinajstić information content (AvgIpc) is 2.49. The molecular weight excluding hydrogens is 262 g/mol. The van der Waals surface area contributed by atoms with Gasteiger partial charge in [0, 0.05) is 25.1 Å². The molecule has 114 valence electrons. The molecule has 0 saturated carbocycles. The normalized spacial score (nSPS) is 18.2. The Labute approximate surface area is 127 Å². The molecule has 0 amide bonds. The van der Waals surface area contributed by atoms with Gasteiger partial charge in [-0.1, -0.05) is 26.0 Å². The summed E-state index contributed by atoms with van der Waals surface area (Å²) in [7, 11) is 0. The lowest BCUT2D eigenvalue weighted by Gasteiger charge is -2.27. The van der Waals surface area contributed by atoms with Crippen LogP contribution >= 0.6 is 0 Å². The number of ether oxygens (including phenoxy) is 1. The molecule has 0 radical (unpaired) electrons. The fourth-order valence-electron chi connectivity index (χ4n) is 2.58. The summed E-state index contributed by atoms with van der Waals surface area (Å²) in [6, 6.07) is 7.98. The Hall–Kier alpha value is -1.61. The maximum atomic E-state index is 12.1. The van der Waals surface area contributed by atoms with Crippen LogP contribution in [0.1, 0.15) is 38.7 Å². The molecule has 3 nitrogen and oxygen atoms in total. The Morgan fingerprint density at radius 1 is 1.29 bits per heavy atom. The van der Waals surface area contributed by atoms with E-state index in [1.807, 2.05) is 30.3 Å². The first-order chi connectivity index (χ1) is 10.2. The van der Waals surface area contributed by atoms with E-state index >= 15 is 0 Å². The van der Waals surface area contributed by atoms with E-state index in [1.54, 1.807) is 0 Å². The molecule has 0 N–H and O–H groups in total. The second-order valence-electron chi connectivity index (χ2n) is 5.54. The number of hydrogen-bond acceptors (Lipinski definition) is 3. The highest BCUT2D eigenvalue weighted by Gasteiger charge is 2.20. The molecular formula is C18H25NO2. The Morgan fingerprint density at radius 3 is 2.90 bits per heavy atom. The van der Waals surface area contributed by atoms with Crippen molar-refractivity contribution >= 4 is 11.9 Å². The van der Waals surface area contributed by atoms with E-state index in [0.717, 1.165) is 56.0 Å². The molecule has 1 aliphatic heterocycles. The van der Waals surface area contributed by atoms with Gasteiger partial charge in [0.1, 0.15) is 5.75 Å². The minimum absolute atomic E-state index is 0.280. The maximum Gasteiger partial charge on any atom is 0.161 e. The van der Waals surface area contributed by atoms with Gasteiger partial charge < -0.3 is 4.74 Å². The molecule has 1 aromatic carbocycles. The quantitative estimate of drug-likeness (QED) is 0.749. The number of nitrogens with zero attached hydrogens (tertiary/aromatic N) is 1. The largest absolute Gasteiger partial charge is 0.494 e. The molecule has 0 bridgehead atoms. The van der Waals surface area contributed by atoms with Crippen molar-refractivity contribution in [3.63, 3.8) is 0 Å². The summed E-state index contributed by atoms with van der Waals surface area (Å²) in [5.41, 5.74) is 1.97. The van der Waals surface area contributed by atoms with Crippen molar-refractivity contribution in [1.82, 2.24) is 4.90 Å². The van der Waals surface area contributed by atoms with Crippen molar-refractivity contribution in [3.8, 4) is 5.75 Å². The highest BCUT2D eigenvalue weighted by molar-refractivity contribution is 6.00. The molecule has 0 spiro atoms. The van der Waals surface area contributed by atoms with Gasteiger partial charge in [0.2, 0.25) is 0 Å². The average molecular weight is 287 g/mol. The van der Waals surface area contributed by atoms with Gasteiger partial charge in [0.25, 0.3) is 0 Å². The highest BCUT2D eigenvalue weighted by Crippen LogP contribution is 2.19. The van der Waals surface area contributed by atoms with Crippen LogP contribution in [0.3, 0.4) is 0 Å². The van der Waals surface area contributed by atoms with Gasteiger partial charge >= 0.3 is 0 Å². The smallest absolute Gasteiger partial charge is 0.161 e. The van der Waals surface area contributed by atoms with Crippen molar-refractivity contribution in [2.45, 2.75) is 33.1 Å². The maximum absolute atomic E-state index is 12.1. The molecule has 2 rings (SSSR count). The lowest BCUT2D eigenvalue weighted by Crippen LogP contribution is -2.36. The van der Waals surface area contributed by atoms with Gasteiger partial charge in [-0.2, -0.15) is 0 Å². The molecule has 1 fully saturated rings. The van der Waals surface area contributed by atoms with E-state index in [1.165, 1.54) is 0 Å². The lowest BCUT2D eigenvalue weighted by atomic mass is 10.00. The van der Waals surface area contributed by atoms with Gasteiger partial charge in [-0.25, -0.2) is 0 Å². The number of likely N-dealkylation sites (tertiary alicyclic amines) is 1. The molecule has 0 unspecified atom stereocenters. The van der Waals surface area contributed by atoms with Crippen LogP contribution in [0.25, 0.3) is 6.08 Å². The third kappa shape index (κ3) is 4.71. The number of piperidine rings is 1. The molecule has 21 heavy (non-hydrogen) atoms. The summed E-state index contributed by atoms with van der Waals surface area (Å²) in [6.45, 7) is 7.72. The molecule has 3 heteroatoms. The second kappa shape index (κ2) is 7.99. The van der Waals surface area contributed by atoms with E-state index in [-0.39, 0.29) is 5.78 Å². The number of rotatable bonds is 6. The van der Waals surface area contributed by atoms with Gasteiger partial charge in [0.15, 0.2) is 5.78 Å². The summed E-state index contributed by atoms with van der Waals surface area (Å²) in [5, 5.41) is 0. The number of ketones is 1. The number of hydrogen-bond donors (Lipinski definition) is 0. The zero-order chi connectivity index (χ0) is 15.1. The standard InChI is InChI=1S/C18H25NO2/c1-3-9-19-10-8-18(20)16(14-19)12-15-6-5-7-17(13-15)21-11-4-2/h5-7,12-13H,3-4,8-11,14H2,1-2H3/b16-12+. The molecule has 0 atom stereocenters. The van der Waals surface area contributed by atoms with Crippen LogP contribution in [-0.4, -0.2) is 36.9 Å². The van der Waals surface area contributed by atoms with Crippen LogP contribution in [0.15, 0.2) is 29.8 Å². The fraction of sp³-hybridized carbons (Fsp3) is 0.500. The Kier molecular flexibility index (Phi) is 6.00. The van der Waals surface area contributed by atoms with Crippen LogP contribution < -0.4 is 4.74 Å². The number of benzene rings is 1. The third-order valence-corrected chi connectivity index (χ3v) is 3.62. The van der Waals surface area contributed by atoms with E-state index in [4.69, 9.17) is 4.74 Å². The number of carbonyl (C=O) groups is 1. The first kappa shape index (κ1) is 15.8. The number of carbonyl (C=O) groups excluding carboxylic acids is 1. The predicted molar refractivity (Wildman–Crippen MR) is 86.6 cm³/mol. The minimum Gasteiger partial charge on any atom is -0.494 e. The van der Waals surface area contributed by atoms with E-state index in [9.17, 15) is 4.79 Å². The summed E-state index contributed by atoms with van der Waals surface area (Å²) in [6.07, 6.45) is 4.78. The van der Waals surface area contributed by atoms with Crippen molar-refractivity contribution in [1.29, 1.82) is 0 Å². The third-order valence-electron chi connectivity index (χ3n) is 3.62. The lowest BCUT2D eigenvalue weighted by molar-refractivity contribution is -0.117. The monoisotopic (exact) mass is 287 g/mol. The first-order valence-corrected chi connectivity index (χ1v) is 7.92. The predicted octanol–water partition coefficient (Wildman–Crippen LogP) is 3.54. The summed E-state index contributed by atoms with van der Waals surface area (Å²) in [5.74, 6) is 1.15. The van der Waals surface area contributed by atoms with E-state index in [2.05, 4.69) is 18.7 Å². The molecule has 0 aromatic heterocycles. The Morgan fingerprint density at radius 2 is 2.14 bits per heavy atom. The molecule has 1 aromatic rings. The van der Waals surface area contributed by atoms with Gasteiger partial charge in [-0.3, -0.25) is 9.69 Å². The van der Waals surface area contributed by atoms with Crippen molar-refractivity contribution in [2.75, 3.05) is 26.2 Å². The van der Waals surface area contributed by atoms with E-state index < -0.39 is 0 Å². The molecule has 0 aliphatic carbocycles. The van der Waals surface area contributed by atoms with Crippen LogP contribution in [0.2, 0.25) is 0 Å². The van der Waals surface area contributed by atoms with Crippen molar-refractivity contribution in [3.05, 3.63) is 35.4 Å². The van der Waals surface area contributed by atoms with Gasteiger partial charge in [0.05, 0.1) is 6.61 Å². The summed E-state index contributed by atoms with van der Waals surface area (Å²) in [4.78, 5) is 14.4. The Balaban J connectivity index is 2.11. The summed E-state index contributed by atoms with van der Waals surface area (Å²) < 4.78 is 5.65. The second-order valence-corrected chi connectivity index (χ2v) is 5.54. The van der Waals surface area contributed by atoms with Crippen molar-refractivity contribution in [2.24, 2.45) is 0 Å². The van der Waals surface area contributed by atoms with Gasteiger partial charge in [-0.05, 0) is 43.2 Å². The topological polar surface area (TPSA) is 29.5 Å². The highest BCUT2D eigenvalue weighted by atomic mass is 16.5. The SMILES string of the molecule is CCCOc1cccc(/C=C2\CN(CCC)CCC2=O)c1. The van der Waals surface area contributed by atoms with E-state index in [0.29, 0.717) is 6.42 Å².